The zero-order valence-electron chi connectivity index (χ0n) is 12.1. The first-order valence-corrected chi connectivity index (χ1v) is 7.62. The molecule has 0 aliphatic carbocycles. The van der Waals surface area contributed by atoms with Gasteiger partial charge in [0.25, 0.3) is 5.91 Å². The molecule has 2 rings (SSSR count). The summed E-state index contributed by atoms with van der Waals surface area (Å²) in [5.74, 6) is 0.942. The van der Waals surface area contributed by atoms with Gasteiger partial charge in [0.15, 0.2) is 6.61 Å². The number of rotatable bonds is 5. The molecule has 0 aromatic heterocycles. The quantitative estimate of drug-likeness (QED) is 0.858. The zero-order valence-corrected chi connectivity index (χ0v) is 13.7. The van der Waals surface area contributed by atoms with Crippen LogP contribution >= 0.6 is 15.9 Å². The molecule has 0 radical (unpaired) electrons. The van der Waals surface area contributed by atoms with Crippen molar-refractivity contribution < 1.29 is 9.53 Å². The summed E-state index contributed by atoms with van der Waals surface area (Å²) in [6.07, 6.45) is 0. The maximum atomic E-state index is 11.9. The Morgan fingerprint density at radius 3 is 2.67 bits per heavy atom. The summed E-state index contributed by atoms with van der Waals surface area (Å²) in [6, 6.07) is 15.3. The van der Waals surface area contributed by atoms with Crippen LogP contribution in [0.4, 0.5) is 5.69 Å². The highest BCUT2D eigenvalue weighted by atomic mass is 79.9. The highest BCUT2D eigenvalue weighted by Crippen LogP contribution is 2.25. The summed E-state index contributed by atoms with van der Waals surface area (Å²) >= 11 is 3.37. The van der Waals surface area contributed by atoms with E-state index in [4.69, 9.17) is 4.74 Å². The molecule has 0 heterocycles. The number of carbonyl (C=O) groups excluding carboxylic acids is 1. The van der Waals surface area contributed by atoms with Crippen molar-refractivity contribution in [1.82, 2.24) is 0 Å². The van der Waals surface area contributed by atoms with Gasteiger partial charge < -0.3 is 10.1 Å². The molecule has 0 bridgehead atoms. The molecule has 4 heteroatoms. The van der Waals surface area contributed by atoms with Crippen LogP contribution in [-0.4, -0.2) is 12.5 Å². The van der Waals surface area contributed by atoms with Crippen LogP contribution in [0, 0.1) is 0 Å². The van der Waals surface area contributed by atoms with Gasteiger partial charge in [-0.15, -0.1) is 0 Å². The van der Waals surface area contributed by atoms with E-state index in [9.17, 15) is 4.79 Å². The molecular formula is C17H18BrNO2. The minimum absolute atomic E-state index is 0.00372. The second-order valence-electron chi connectivity index (χ2n) is 5.04. The van der Waals surface area contributed by atoms with E-state index in [-0.39, 0.29) is 12.5 Å². The number of halogens is 1. The molecule has 0 aliphatic rings. The average Bonchev–Trinajstić information content (AvgIpc) is 2.45. The van der Waals surface area contributed by atoms with Gasteiger partial charge in [-0.05, 0) is 35.7 Å². The third-order valence-electron chi connectivity index (χ3n) is 3.01. The van der Waals surface area contributed by atoms with Crippen LogP contribution in [-0.2, 0) is 4.79 Å². The highest BCUT2D eigenvalue weighted by Gasteiger charge is 2.09. The van der Waals surface area contributed by atoms with Gasteiger partial charge in [-0.3, -0.25) is 4.79 Å². The molecule has 1 amide bonds. The van der Waals surface area contributed by atoms with Gasteiger partial charge in [0.05, 0.1) is 0 Å². The van der Waals surface area contributed by atoms with Crippen molar-refractivity contribution in [1.29, 1.82) is 0 Å². The fraction of sp³-hybridized carbons (Fsp3) is 0.235. The number of carbonyl (C=O) groups is 1. The lowest BCUT2D eigenvalue weighted by Gasteiger charge is -2.13. The average molecular weight is 348 g/mol. The fourth-order valence-corrected chi connectivity index (χ4v) is 2.39. The van der Waals surface area contributed by atoms with Gasteiger partial charge in [0.1, 0.15) is 5.75 Å². The number of benzene rings is 2. The van der Waals surface area contributed by atoms with Crippen LogP contribution in [0.15, 0.2) is 53.0 Å². The van der Waals surface area contributed by atoms with E-state index in [1.165, 1.54) is 0 Å². The zero-order chi connectivity index (χ0) is 15.2. The maximum absolute atomic E-state index is 11.9. The Bertz CT molecular complexity index is 626. The van der Waals surface area contributed by atoms with Gasteiger partial charge in [-0.2, -0.15) is 0 Å². The molecule has 1 N–H and O–H groups in total. The maximum Gasteiger partial charge on any atom is 0.262 e. The molecule has 110 valence electrons. The first-order chi connectivity index (χ1) is 10.1. The molecule has 0 fully saturated rings. The van der Waals surface area contributed by atoms with E-state index in [1.54, 1.807) is 0 Å². The monoisotopic (exact) mass is 347 g/mol. The lowest BCUT2D eigenvalue weighted by molar-refractivity contribution is -0.118. The summed E-state index contributed by atoms with van der Waals surface area (Å²) < 4.78 is 6.56. The summed E-state index contributed by atoms with van der Waals surface area (Å²) in [5, 5.41) is 2.81. The van der Waals surface area contributed by atoms with Crippen LogP contribution in [0.2, 0.25) is 0 Å². The topological polar surface area (TPSA) is 38.3 Å². The minimum Gasteiger partial charge on any atom is -0.483 e. The number of anilines is 1. The molecule has 2 aromatic rings. The highest BCUT2D eigenvalue weighted by molar-refractivity contribution is 9.10. The third-order valence-corrected chi connectivity index (χ3v) is 3.50. The molecule has 0 atom stereocenters. The number of ether oxygens (including phenoxy) is 1. The van der Waals surface area contributed by atoms with Crippen LogP contribution in [0.25, 0.3) is 0 Å². The lowest BCUT2D eigenvalue weighted by atomic mass is 10.0. The van der Waals surface area contributed by atoms with E-state index in [0.717, 1.165) is 21.5 Å². The molecule has 2 aromatic carbocycles. The van der Waals surface area contributed by atoms with E-state index in [2.05, 4.69) is 35.1 Å². The smallest absolute Gasteiger partial charge is 0.262 e. The Morgan fingerprint density at radius 1 is 1.19 bits per heavy atom. The first-order valence-electron chi connectivity index (χ1n) is 6.83. The van der Waals surface area contributed by atoms with Gasteiger partial charge in [-0.1, -0.05) is 54.0 Å². The third kappa shape index (κ3) is 4.60. The van der Waals surface area contributed by atoms with Crippen molar-refractivity contribution in [3.8, 4) is 5.75 Å². The van der Waals surface area contributed by atoms with Gasteiger partial charge in [-0.25, -0.2) is 0 Å². The number of nitrogens with one attached hydrogen (secondary N) is 1. The molecule has 21 heavy (non-hydrogen) atoms. The van der Waals surface area contributed by atoms with Crippen LogP contribution < -0.4 is 10.1 Å². The van der Waals surface area contributed by atoms with Crippen molar-refractivity contribution >= 4 is 27.5 Å². The van der Waals surface area contributed by atoms with E-state index < -0.39 is 0 Å². The summed E-state index contributed by atoms with van der Waals surface area (Å²) in [5.41, 5.74) is 1.85. The summed E-state index contributed by atoms with van der Waals surface area (Å²) in [4.78, 5) is 11.9. The van der Waals surface area contributed by atoms with Gasteiger partial charge >= 0.3 is 0 Å². The van der Waals surface area contributed by atoms with E-state index >= 15 is 0 Å². The summed E-state index contributed by atoms with van der Waals surface area (Å²) in [7, 11) is 0. The van der Waals surface area contributed by atoms with E-state index in [0.29, 0.717) is 5.92 Å². The Hall–Kier alpha value is -1.81. The Labute approximate surface area is 133 Å². The lowest BCUT2D eigenvalue weighted by Crippen LogP contribution is -2.20. The van der Waals surface area contributed by atoms with Crippen molar-refractivity contribution in [3.05, 3.63) is 58.6 Å². The Balaban J connectivity index is 1.95. The fourth-order valence-electron chi connectivity index (χ4n) is 2.00. The van der Waals surface area contributed by atoms with Crippen molar-refractivity contribution in [2.45, 2.75) is 19.8 Å². The summed E-state index contributed by atoms with van der Waals surface area (Å²) in [6.45, 7) is 4.20. The molecule has 3 nitrogen and oxygen atoms in total. The molecule has 0 spiro atoms. The largest absolute Gasteiger partial charge is 0.483 e. The molecular weight excluding hydrogens is 330 g/mol. The predicted molar refractivity (Wildman–Crippen MR) is 88.8 cm³/mol. The second-order valence-corrected chi connectivity index (χ2v) is 5.96. The Kier molecular flexibility index (Phi) is 5.39. The number of para-hydroxylation sites is 1. The van der Waals surface area contributed by atoms with E-state index in [1.807, 2.05) is 48.5 Å². The number of amides is 1. The van der Waals surface area contributed by atoms with Crippen molar-refractivity contribution in [2.75, 3.05) is 11.9 Å². The molecule has 0 saturated heterocycles. The van der Waals surface area contributed by atoms with Gasteiger partial charge in [0, 0.05) is 10.2 Å². The first kappa shape index (κ1) is 15.6. The van der Waals surface area contributed by atoms with Gasteiger partial charge in [0.2, 0.25) is 0 Å². The SMILES string of the molecule is CC(C)c1ccccc1OCC(=O)Nc1cccc(Br)c1. The number of hydrogen-bond acceptors (Lipinski definition) is 2. The molecule has 0 saturated carbocycles. The normalized spacial score (nSPS) is 10.5. The van der Waals surface area contributed by atoms with Crippen LogP contribution in [0.3, 0.4) is 0 Å². The van der Waals surface area contributed by atoms with Crippen molar-refractivity contribution in [2.24, 2.45) is 0 Å². The minimum atomic E-state index is -0.174. The van der Waals surface area contributed by atoms with Crippen LogP contribution in [0.1, 0.15) is 25.3 Å². The predicted octanol–water partition coefficient (Wildman–Crippen LogP) is 4.59. The van der Waals surface area contributed by atoms with Crippen LogP contribution in [0.5, 0.6) is 5.75 Å². The molecule has 0 unspecified atom stereocenters. The van der Waals surface area contributed by atoms with Crippen molar-refractivity contribution in [3.63, 3.8) is 0 Å². The number of hydrogen-bond donors (Lipinski definition) is 1. The standard InChI is InChI=1S/C17H18BrNO2/c1-12(2)15-8-3-4-9-16(15)21-11-17(20)19-14-7-5-6-13(18)10-14/h3-10,12H,11H2,1-2H3,(H,19,20). The second kappa shape index (κ2) is 7.27. The Morgan fingerprint density at radius 2 is 1.95 bits per heavy atom. The molecule has 0 aliphatic heterocycles.